The topological polar surface area (TPSA) is 199 Å². The number of nitrogens with zero attached hydrogens (tertiary/aromatic N) is 9. The molecule has 0 radical (unpaired) electrons. The third-order valence-corrected chi connectivity index (χ3v) is 14.2. The predicted octanol–water partition coefficient (Wildman–Crippen LogP) is 4.46. The number of nitrogens with one attached hydrogen (secondary N) is 3. The molecule has 0 aliphatic carbocycles. The summed E-state index contributed by atoms with van der Waals surface area (Å²) in [5.41, 5.74) is 6.25. The zero-order valence-electron chi connectivity index (χ0n) is 39.4. The van der Waals surface area contributed by atoms with Crippen LogP contribution in [-0.4, -0.2) is 145 Å². The van der Waals surface area contributed by atoms with Gasteiger partial charge in [-0.25, -0.2) is 14.8 Å². The molecule has 2 aromatic carbocycles. The van der Waals surface area contributed by atoms with Crippen molar-refractivity contribution in [2.45, 2.75) is 84.2 Å². The summed E-state index contributed by atoms with van der Waals surface area (Å²) in [5, 5.41) is 36.9. The molecule has 17 nitrogen and oxygen atoms in total. The van der Waals surface area contributed by atoms with Crippen LogP contribution in [0.3, 0.4) is 0 Å². The molecule has 4 aliphatic rings. The summed E-state index contributed by atoms with van der Waals surface area (Å²) in [6.45, 7) is 14.2. The lowest BCUT2D eigenvalue weighted by Gasteiger charge is -2.40. The third-order valence-electron chi connectivity index (χ3n) is 14.2. The number of fused-ring (bicyclic) bond motifs is 3. The Bertz CT molecular complexity index is 2660. The van der Waals surface area contributed by atoms with E-state index in [1.165, 1.54) is 4.90 Å². The van der Waals surface area contributed by atoms with Gasteiger partial charge < -0.3 is 45.4 Å². The van der Waals surface area contributed by atoms with E-state index >= 15 is 0 Å². The number of hydrogen-bond donors (Lipinski definition) is 5. The number of aliphatic hydroxyl groups is 1. The lowest BCUT2D eigenvalue weighted by molar-refractivity contribution is -0.142. The van der Waals surface area contributed by atoms with Gasteiger partial charge in [-0.2, -0.15) is 0 Å². The van der Waals surface area contributed by atoms with Gasteiger partial charge in [-0.15, -0.1) is 16.6 Å². The van der Waals surface area contributed by atoms with Crippen LogP contribution in [0.2, 0.25) is 0 Å². The lowest BCUT2D eigenvalue weighted by atomic mass is 9.85. The van der Waals surface area contributed by atoms with Gasteiger partial charge in [-0.3, -0.25) is 14.5 Å². The third kappa shape index (κ3) is 9.79. The smallest absolute Gasteiger partial charge is 0.318 e. The number of anilines is 2. The molecule has 68 heavy (non-hydrogen) atoms. The summed E-state index contributed by atoms with van der Waals surface area (Å²) in [4.78, 5) is 64.8. The number of piperidine rings is 1. The van der Waals surface area contributed by atoms with Crippen molar-refractivity contribution in [2.75, 3.05) is 68.7 Å². The van der Waals surface area contributed by atoms with Crippen LogP contribution in [0.25, 0.3) is 22.3 Å². The van der Waals surface area contributed by atoms with Gasteiger partial charge in [0, 0.05) is 106 Å². The normalized spacial score (nSPS) is 20.8. The Labute approximate surface area is 397 Å². The number of rotatable bonds is 10. The minimum Gasteiger partial charge on any atom is -0.507 e. The Balaban J connectivity index is 0.740. The van der Waals surface area contributed by atoms with Crippen molar-refractivity contribution in [1.82, 2.24) is 50.5 Å². The maximum Gasteiger partial charge on any atom is 0.318 e. The fraction of sp³-hybridized carbons (Fsp3) is 0.471. The van der Waals surface area contributed by atoms with Crippen molar-refractivity contribution in [3.05, 3.63) is 89.4 Å². The molecule has 9 rings (SSSR count). The van der Waals surface area contributed by atoms with E-state index in [0.717, 1.165) is 97.6 Å². The minimum atomic E-state index is -0.902. The highest BCUT2D eigenvalue weighted by Gasteiger charge is 2.45. The maximum absolute atomic E-state index is 14.2. The van der Waals surface area contributed by atoms with Crippen LogP contribution < -0.4 is 20.4 Å². The summed E-state index contributed by atoms with van der Waals surface area (Å²) in [7, 11) is 0. The van der Waals surface area contributed by atoms with Gasteiger partial charge in [0.05, 0.1) is 35.9 Å². The van der Waals surface area contributed by atoms with E-state index in [4.69, 9.17) is 16.4 Å². The summed E-state index contributed by atoms with van der Waals surface area (Å²) < 4.78 is 0. The second kappa shape index (κ2) is 19.4. The summed E-state index contributed by atoms with van der Waals surface area (Å²) >= 11 is 0. The molecule has 17 heteroatoms. The first kappa shape index (κ1) is 46.3. The molecule has 3 saturated heterocycles. The molecule has 4 amide bonds. The molecule has 7 heterocycles. The van der Waals surface area contributed by atoms with E-state index in [9.17, 15) is 24.6 Å². The lowest BCUT2D eigenvalue weighted by Crippen LogP contribution is -2.61. The number of likely N-dealkylation sites (tertiary alicyclic amines) is 1. The summed E-state index contributed by atoms with van der Waals surface area (Å²) in [6.07, 6.45) is 11.5. The van der Waals surface area contributed by atoms with E-state index < -0.39 is 23.6 Å². The molecule has 356 valence electrons. The Morgan fingerprint density at radius 3 is 2.37 bits per heavy atom. The molecule has 3 fully saturated rings. The average Bonchev–Trinajstić information content (AvgIpc) is 3.93. The zero-order chi connectivity index (χ0) is 47.7. The number of aromatic hydroxyl groups is 1. The number of terminal acetylenes is 1. The number of H-pyrrole nitrogens is 1. The molecule has 5 aromatic rings. The van der Waals surface area contributed by atoms with Crippen molar-refractivity contribution in [3.63, 3.8) is 0 Å². The van der Waals surface area contributed by atoms with Crippen LogP contribution in [0.15, 0.2) is 67.0 Å². The van der Waals surface area contributed by atoms with Crippen LogP contribution in [0.5, 0.6) is 5.75 Å². The molecule has 5 N–H and O–H groups in total. The average molecular weight is 923 g/mol. The number of amides is 4. The first-order valence-corrected chi connectivity index (χ1v) is 23.8. The number of β-amino-alcohol motifs (C(OH)–C–C–N with tert-alkyl or cyclic N) is 1. The second-order valence-corrected chi connectivity index (χ2v) is 19.8. The Hall–Kier alpha value is -6.77. The van der Waals surface area contributed by atoms with Gasteiger partial charge in [0.1, 0.15) is 17.8 Å². The maximum atomic E-state index is 14.2. The number of carbonyl (C=O) groups is 3. The zero-order valence-corrected chi connectivity index (χ0v) is 39.4. The van der Waals surface area contributed by atoms with Gasteiger partial charge in [-0.1, -0.05) is 51.0 Å². The largest absolute Gasteiger partial charge is 0.507 e. The summed E-state index contributed by atoms with van der Waals surface area (Å²) in [5.74, 6) is 3.22. The highest BCUT2D eigenvalue weighted by atomic mass is 16.3. The first-order chi connectivity index (χ1) is 32.7. The molecule has 0 bridgehead atoms. The van der Waals surface area contributed by atoms with Crippen molar-refractivity contribution in [2.24, 2.45) is 11.3 Å². The number of piperazine rings is 1. The molecule has 4 aliphatic heterocycles. The van der Waals surface area contributed by atoms with Gasteiger partial charge >= 0.3 is 6.03 Å². The monoisotopic (exact) mass is 922 g/mol. The van der Waals surface area contributed by atoms with E-state index in [2.05, 4.69) is 53.4 Å². The number of aliphatic hydroxyl groups excluding tert-OH is 1. The van der Waals surface area contributed by atoms with Gasteiger partial charge in [0.25, 0.3) is 0 Å². The molecule has 4 atom stereocenters. The Morgan fingerprint density at radius 2 is 1.68 bits per heavy atom. The number of benzene rings is 2. The molecule has 0 saturated carbocycles. The number of carbonyl (C=O) groups excluding carboxylic acids is 3. The molecule has 3 aromatic heterocycles. The summed E-state index contributed by atoms with van der Waals surface area (Å²) in [6, 6.07) is 14.4. The predicted molar refractivity (Wildman–Crippen MR) is 260 cm³/mol. The van der Waals surface area contributed by atoms with E-state index in [1.807, 2.05) is 63.5 Å². The van der Waals surface area contributed by atoms with Crippen molar-refractivity contribution < 1.29 is 24.6 Å². The number of phenols is 1. The van der Waals surface area contributed by atoms with Crippen LogP contribution in [0, 0.1) is 23.7 Å². The van der Waals surface area contributed by atoms with E-state index in [0.29, 0.717) is 36.2 Å². The Kier molecular flexibility index (Phi) is 13.3. The van der Waals surface area contributed by atoms with Crippen molar-refractivity contribution in [1.29, 1.82) is 0 Å². The number of aromatic nitrogens is 5. The highest BCUT2D eigenvalue weighted by Crippen LogP contribution is 2.39. The molecular weight excluding hydrogens is 861 g/mol. The quantitative estimate of drug-likeness (QED) is 0.124. The van der Waals surface area contributed by atoms with Crippen LogP contribution in [0.1, 0.15) is 75.4 Å². The standard InChI is InChI=1S/C51H62N12O5/c1-6-33-11-13-34(14-12-33)27-52-47(66)42-25-37(64)31-63(42)48(67)45(51(3,4)5)56-50(68)61-23-21-59(22-24-61)30-35-15-18-60(19-16-35)36-28-53-49(54-29-36)62-20-17-40-44(32(62)2)39-26-41(57-58-46(39)55-40)38-9-7-8-10-43(38)65/h1,7-14,26,28-29,32,35,37,42,45,64-65H,15-25,27,30-31H2,2-5H3,(H,52,66)(H,55,58)(H,56,68)/t32-,37+,42-,45+/m0/s1. The van der Waals surface area contributed by atoms with Crippen molar-refractivity contribution in [3.8, 4) is 29.4 Å². The van der Waals surface area contributed by atoms with Crippen LogP contribution >= 0.6 is 0 Å². The van der Waals surface area contributed by atoms with Gasteiger partial charge in [0.2, 0.25) is 17.8 Å². The number of aromatic amines is 1. The molecular formula is C51H62N12O5. The fourth-order valence-corrected chi connectivity index (χ4v) is 10.3. The van der Waals surface area contributed by atoms with E-state index in [1.54, 1.807) is 29.2 Å². The number of phenolic OH excluding ortho intramolecular Hbond substituents is 1. The SMILES string of the molecule is C#Cc1ccc(CNC(=O)[C@@H]2C[C@@H](O)CN2C(=O)[C@@H](NC(=O)N2CCN(CC3CCN(c4cnc(N5CCc6[nH]c7nnc(-c8ccccc8O)cc7c6[C@@H]5C)nc4)CC3)CC2)C(C)(C)C)cc1. The number of urea groups is 1. The first-order valence-electron chi connectivity index (χ1n) is 23.8. The van der Waals surface area contributed by atoms with Gasteiger partial charge in [0.15, 0.2) is 5.65 Å². The highest BCUT2D eigenvalue weighted by molar-refractivity contribution is 5.93. The van der Waals surface area contributed by atoms with E-state index in [-0.39, 0.29) is 49.1 Å². The van der Waals surface area contributed by atoms with Crippen LogP contribution in [-0.2, 0) is 22.6 Å². The number of para-hydroxylation sites is 1. The fourth-order valence-electron chi connectivity index (χ4n) is 10.3. The van der Waals surface area contributed by atoms with Gasteiger partial charge in [-0.05, 0) is 67.0 Å². The molecule has 0 spiro atoms. The Morgan fingerprint density at radius 1 is 0.956 bits per heavy atom. The van der Waals surface area contributed by atoms with Crippen molar-refractivity contribution >= 4 is 40.5 Å². The van der Waals surface area contributed by atoms with Crippen LogP contribution in [0.4, 0.5) is 16.4 Å². The second-order valence-electron chi connectivity index (χ2n) is 19.8. The minimum absolute atomic E-state index is 0.00226. The molecule has 0 unspecified atom stereocenters. The number of hydrogen-bond acceptors (Lipinski definition) is 12.